The number of anilines is 2. The van der Waals surface area contributed by atoms with Crippen molar-refractivity contribution >= 4 is 44.1 Å². The number of fused-ring (bicyclic) bond motifs is 5. The number of hydrogen-bond acceptors (Lipinski definition) is 2. The molecule has 0 amide bonds. The summed E-state index contributed by atoms with van der Waals surface area (Å²) in [5.74, 6) is 0. The Bertz CT molecular complexity index is 1170. The number of benzene rings is 4. The molecule has 114 valence electrons. The van der Waals surface area contributed by atoms with Crippen molar-refractivity contribution in [1.82, 2.24) is 0 Å². The first-order valence-electron chi connectivity index (χ1n) is 8.05. The topological polar surface area (TPSA) is 25.2 Å². The SMILES string of the molecule is c1ccc(Nc2cccc3oc4c5ccccc5ccc4c23)cc1. The molecule has 0 saturated carbocycles. The molecule has 0 aliphatic heterocycles. The fourth-order valence-corrected chi connectivity index (χ4v) is 3.33. The van der Waals surface area contributed by atoms with Gasteiger partial charge in [-0.2, -0.15) is 0 Å². The van der Waals surface area contributed by atoms with Crippen LogP contribution in [0.5, 0.6) is 0 Å². The predicted octanol–water partition coefficient (Wildman–Crippen LogP) is 6.48. The zero-order valence-electron chi connectivity index (χ0n) is 13.0. The van der Waals surface area contributed by atoms with Gasteiger partial charge in [-0.15, -0.1) is 0 Å². The maximum absolute atomic E-state index is 6.20. The standard InChI is InChI=1S/C22H15NO/c1-2-8-16(9-3-1)23-19-11-6-12-20-21(19)18-14-13-15-7-4-5-10-17(15)22(18)24-20/h1-14,23H. The Balaban J connectivity index is 1.81. The van der Waals surface area contributed by atoms with E-state index in [9.17, 15) is 0 Å². The molecule has 5 aromatic rings. The second-order valence-corrected chi connectivity index (χ2v) is 5.94. The Morgan fingerprint density at radius 2 is 1.46 bits per heavy atom. The molecule has 0 spiro atoms. The van der Waals surface area contributed by atoms with E-state index in [-0.39, 0.29) is 0 Å². The van der Waals surface area contributed by atoms with Crippen LogP contribution in [0.1, 0.15) is 0 Å². The van der Waals surface area contributed by atoms with Crippen LogP contribution in [0.4, 0.5) is 11.4 Å². The number of nitrogens with one attached hydrogen (secondary N) is 1. The first kappa shape index (κ1) is 13.2. The second kappa shape index (κ2) is 5.14. The molecule has 5 rings (SSSR count). The Hall–Kier alpha value is -3.26. The number of para-hydroxylation sites is 1. The lowest BCUT2D eigenvalue weighted by Gasteiger charge is -2.07. The van der Waals surface area contributed by atoms with Gasteiger partial charge >= 0.3 is 0 Å². The lowest BCUT2D eigenvalue weighted by atomic mass is 10.1. The summed E-state index contributed by atoms with van der Waals surface area (Å²) in [6.07, 6.45) is 0. The number of rotatable bonds is 2. The lowest BCUT2D eigenvalue weighted by Crippen LogP contribution is -1.89. The van der Waals surface area contributed by atoms with Crippen LogP contribution in [-0.2, 0) is 0 Å². The zero-order valence-corrected chi connectivity index (χ0v) is 13.0. The Morgan fingerprint density at radius 1 is 0.625 bits per heavy atom. The highest BCUT2D eigenvalue weighted by molar-refractivity contribution is 6.18. The van der Waals surface area contributed by atoms with Crippen molar-refractivity contribution in [3.63, 3.8) is 0 Å². The van der Waals surface area contributed by atoms with Crippen molar-refractivity contribution in [2.45, 2.75) is 0 Å². The van der Waals surface area contributed by atoms with Crippen LogP contribution < -0.4 is 5.32 Å². The molecule has 0 fully saturated rings. The van der Waals surface area contributed by atoms with Gasteiger partial charge in [-0.25, -0.2) is 0 Å². The third-order valence-corrected chi connectivity index (χ3v) is 4.44. The van der Waals surface area contributed by atoms with Crippen molar-refractivity contribution in [2.75, 3.05) is 5.32 Å². The van der Waals surface area contributed by atoms with Crippen LogP contribution in [0.15, 0.2) is 89.3 Å². The van der Waals surface area contributed by atoms with E-state index in [0.717, 1.165) is 38.7 Å². The van der Waals surface area contributed by atoms with Crippen LogP contribution in [0.25, 0.3) is 32.7 Å². The van der Waals surface area contributed by atoms with E-state index in [1.807, 2.05) is 30.3 Å². The third-order valence-electron chi connectivity index (χ3n) is 4.44. The molecule has 4 aromatic carbocycles. The highest BCUT2D eigenvalue weighted by Crippen LogP contribution is 2.38. The molecule has 0 radical (unpaired) electrons. The van der Waals surface area contributed by atoms with Crippen LogP contribution in [0.2, 0.25) is 0 Å². The highest BCUT2D eigenvalue weighted by atomic mass is 16.3. The van der Waals surface area contributed by atoms with Gasteiger partial charge in [-0.05, 0) is 35.7 Å². The van der Waals surface area contributed by atoms with E-state index in [4.69, 9.17) is 4.42 Å². The average Bonchev–Trinajstić information content (AvgIpc) is 3.03. The van der Waals surface area contributed by atoms with Crippen molar-refractivity contribution in [1.29, 1.82) is 0 Å². The summed E-state index contributed by atoms with van der Waals surface area (Å²) in [5.41, 5.74) is 3.99. The van der Waals surface area contributed by atoms with Gasteiger partial charge in [0.25, 0.3) is 0 Å². The third kappa shape index (κ3) is 1.97. The molecule has 0 saturated heterocycles. The summed E-state index contributed by atoms with van der Waals surface area (Å²) in [7, 11) is 0. The Labute approximate surface area is 139 Å². The Kier molecular flexibility index (Phi) is 2.83. The molecule has 24 heavy (non-hydrogen) atoms. The first-order chi connectivity index (χ1) is 11.9. The van der Waals surface area contributed by atoms with Crippen LogP contribution in [0, 0.1) is 0 Å². The van der Waals surface area contributed by atoms with Gasteiger partial charge in [0.05, 0.1) is 11.1 Å². The molecule has 1 aromatic heterocycles. The van der Waals surface area contributed by atoms with E-state index in [0.29, 0.717) is 0 Å². The quantitative estimate of drug-likeness (QED) is 0.403. The summed E-state index contributed by atoms with van der Waals surface area (Å²) in [6, 6.07) is 29.0. The molecule has 0 aliphatic rings. The predicted molar refractivity (Wildman–Crippen MR) is 101 cm³/mol. The van der Waals surface area contributed by atoms with E-state index in [2.05, 4.69) is 59.9 Å². The van der Waals surface area contributed by atoms with E-state index < -0.39 is 0 Å². The van der Waals surface area contributed by atoms with E-state index >= 15 is 0 Å². The molecule has 0 bridgehead atoms. The molecule has 1 N–H and O–H groups in total. The van der Waals surface area contributed by atoms with E-state index in [1.165, 1.54) is 5.39 Å². The Morgan fingerprint density at radius 3 is 2.38 bits per heavy atom. The molecular formula is C22H15NO. The maximum Gasteiger partial charge on any atom is 0.143 e. The van der Waals surface area contributed by atoms with Crippen LogP contribution >= 0.6 is 0 Å². The largest absolute Gasteiger partial charge is 0.455 e. The zero-order chi connectivity index (χ0) is 15.9. The summed E-state index contributed by atoms with van der Waals surface area (Å²) >= 11 is 0. The molecule has 1 heterocycles. The number of hydrogen-bond donors (Lipinski definition) is 1. The maximum atomic E-state index is 6.20. The monoisotopic (exact) mass is 309 g/mol. The minimum absolute atomic E-state index is 0.905. The first-order valence-corrected chi connectivity index (χ1v) is 8.05. The molecule has 2 nitrogen and oxygen atoms in total. The molecule has 0 unspecified atom stereocenters. The van der Waals surface area contributed by atoms with Crippen LogP contribution in [0.3, 0.4) is 0 Å². The van der Waals surface area contributed by atoms with Crippen molar-refractivity contribution in [3.05, 3.63) is 84.9 Å². The van der Waals surface area contributed by atoms with Gasteiger partial charge < -0.3 is 9.73 Å². The van der Waals surface area contributed by atoms with Gasteiger partial charge in [-0.3, -0.25) is 0 Å². The van der Waals surface area contributed by atoms with Crippen LogP contribution in [-0.4, -0.2) is 0 Å². The fraction of sp³-hybridized carbons (Fsp3) is 0. The normalized spacial score (nSPS) is 11.3. The van der Waals surface area contributed by atoms with Gasteiger partial charge in [0.1, 0.15) is 11.2 Å². The van der Waals surface area contributed by atoms with Gasteiger partial charge in [-0.1, -0.05) is 54.6 Å². The smallest absolute Gasteiger partial charge is 0.143 e. The average molecular weight is 309 g/mol. The highest BCUT2D eigenvalue weighted by Gasteiger charge is 2.13. The van der Waals surface area contributed by atoms with Gasteiger partial charge in [0.2, 0.25) is 0 Å². The molecular weight excluding hydrogens is 294 g/mol. The summed E-state index contributed by atoms with van der Waals surface area (Å²) in [6.45, 7) is 0. The molecule has 2 heteroatoms. The molecule has 0 atom stereocenters. The van der Waals surface area contributed by atoms with Crippen molar-refractivity contribution in [3.8, 4) is 0 Å². The summed E-state index contributed by atoms with van der Waals surface area (Å²) in [4.78, 5) is 0. The lowest BCUT2D eigenvalue weighted by molar-refractivity contribution is 0.673. The fourth-order valence-electron chi connectivity index (χ4n) is 3.33. The van der Waals surface area contributed by atoms with Gasteiger partial charge in [0.15, 0.2) is 0 Å². The number of furan rings is 1. The van der Waals surface area contributed by atoms with E-state index in [1.54, 1.807) is 0 Å². The van der Waals surface area contributed by atoms with Crippen molar-refractivity contribution < 1.29 is 4.42 Å². The summed E-state index contributed by atoms with van der Waals surface area (Å²) in [5, 5.41) is 8.13. The summed E-state index contributed by atoms with van der Waals surface area (Å²) < 4.78 is 6.20. The van der Waals surface area contributed by atoms with Gasteiger partial charge in [0, 0.05) is 16.5 Å². The minimum Gasteiger partial charge on any atom is -0.455 e. The second-order valence-electron chi connectivity index (χ2n) is 5.94. The minimum atomic E-state index is 0.905. The molecule has 0 aliphatic carbocycles. The van der Waals surface area contributed by atoms with Crippen molar-refractivity contribution in [2.24, 2.45) is 0 Å².